The van der Waals surface area contributed by atoms with Gasteiger partial charge in [0.25, 0.3) is 5.91 Å². The monoisotopic (exact) mass is 520 g/mol. The minimum absolute atomic E-state index is 0.00600. The van der Waals surface area contributed by atoms with Gasteiger partial charge in [0, 0.05) is 10.0 Å². The van der Waals surface area contributed by atoms with Crippen LogP contribution in [0, 0.1) is 0 Å². The normalized spacial score (nSPS) is 15.4. The van der Waals surface area contributed by atoms with Gasteiger partial charge in [0.15, 0.2) is 6.10 Å². The molecule has 1 atom stereocenters. The van der Waals surface area contributed by atoms with E-state index in [9.17, 15) is 19.2 Å². The van der Waals surface area contributed by atoms with Crippen LogP contribution in [0.4, 0.5) is 4.79 Å². The molecule has 1 aromatic carbocycles. The van der Waals surface area contributed by atoms with E-state index in [0.29, 0.717) is 15.8 Å². The molecule has 0 aliphatic carbocycles. The Kier molecular flexibility index (Phi) is 7.54. The largest absolute Gasteiger partial charge is 0.478 e. The van der Waals surface area contributed by atoms with Crippen molar-refractivity contribution in [3.05, 3.63) is 57.6 Å². The third-order valence-electron chi connectivity index (χ3n) is 4.52. The van der Waals surface area contributed by atoms with Crippen LogP contribution < -0.4 is 10.1 Å². The second-order valence-electron chi connectivity index (χ2n) is 6.83. The lowest BCUT2D eigenvalue weighted by Crippen LogP contribution is -2.30. The van der Waals surface area contributed by atoms with Crippen molar-refractivity contribution in [1.82, 2.24) is 10.2 Å². The lowest BCUT2D eigenvalue weighted by molar-refractivity contribution is -0.150. The van der Waals surface area contributed by atoms with Crippen molar-refractivity contribution < 1.29 is 37.8 Å². The topological polar surface area (TPSA) is 124 Å². The number of carbonyl (C=O) groups excluding carboxylic acids is 4. The van der Waals surface area contributed by atoms with Crippen LogP contribution in [0.5, 0.6) is 5.75 Å². The van der Waals surface area contributed by atoms with Crippen molar-refractivity contribution in [2.75, 3.05) is 13.7 Å². The minimum Gasteiger partial charge on any atom is -0.478 e. The number of benzene rings is 1. The van der Waals surface area contributed by atoms with Gasteiger partial charge in [-0.25, -0.2) is 14.4 Å². The number of methoxy groups -OCH3 is 1. The van der Waals surface area contributed by atoms with Gasteiger partial charge in [0.2, 0.25) is 5.76 Å². The molecule has 0 unspecified atom stereocenters. The average Bonchev–Trinajstić information content (AvgIpc) is 3.35. The van der Waals surface area contributed by atoms with Crippen molar-refractivity contribution in [2.24, 2.45) is 0 Å². The Balaban J connectivity index is 1.81. The highest BCUT2D eigenvalue weighted by molar-refractivity contribution is 9.10. The lowest BCUT2D eigenvalue weighted by atomic mass is 10.1. The molecule has 2 heterocycles. The molecule has 0 saturated carbocycles. The SMILES string of the molecule is CCOC(=O)[C@H](C)Oc1ccc(Br)cc1/C=C1\NC(=O)N(Cc2ccc(C(=O)OC)o2)C1=O. The van der Waals surface area contributed by atoms with Gasteiger partial charge in [-0.3, -0.25) is 9.69 Å². The van der Waals surface area contributed by atoms with Gasteiger partial charge in [-0.05, 0) is 50.3 Å². The highest BCUT2D eigenvalue weighted by atomic mass is 79.9. The third kappa shape index (κ3) is 5.61. The molecule has 3 amide bonds. The van der Waals surface area contributed by atoms with Gasteiger partial charge in [-0.15, -0.1) is 0 Å². The van der Waals surface area contributed by atoms with Gasteiger partial charge in [0.05, 0.1) is 20.3 Å². The quantitative estimate of drug-likeness (QED) is 0.319. The standard InChI is InChI=1S/C22H21BrN2O8/c1-4-31-20(27)12(2)32-17-7-5-14(23)9-13(17)10-16-19(26)25(22(29)24-16)11-15-6-8-18(33-15)21(28)30-3/h5-10,12H,4,11H2,1-3H3,(H,24,29)/b16-10-/t12-/m0/s1. The number of urea groups is 1. The van der Waals surface area contributed by atoms with Crippen LogP contribution in [-0.2, 0) is 25.6 Å². The lowest BCUT2D eigenvalue weighted by Gasteiger charge is -2.15. The fourth-order valence-corrected chi connectivity index (χ4v) is 3.32. The summed E-state index contributed by atoms with van der Waals surface area (Å²) < 4.78 is 21.3. The Hall–Kier alpha value is -3.60. The number of amides is 3. The van der Waals surface area contributed by atoms with E-state index in [0.717, 1.165) is 4.90 Å². The summed E-state index contributed by atoms with van der Waals surface area (Å²) in [6.07, 6.45) is 0.567. The maximum Gasteiger partial charge on any atom is 0.373 e. The van der Waals surface area contributed by atoms with E-state index in [2.05, 4.69) is 26.0 Å². The van der Waals surface area contributed by atoms with Crippen LogP contribution in [0.25, 0.3) is 6.08 Å². The number of furan rings is 1. The Morgan fingerprint density at radius 1 is 1.24 bits per heavy atom. The highest BCUT2D eigenvalue weighted by Crippen LogP contribution is 2.28. The maximum absolute atomic E-state index is 12.8. The molecule has 3 rings (SSSR count). The van der Waals surface area contributed by atoms with Gasteiger partial charge in [-0.1, -0.05) is 15.9 Å². The first-order valence-electron chi connectivity index (χ1n) is 9.87. The van der Waals surface area contributed by atoms with E-state index in [1.54, 1.807) is 32.0 Å². The van der Waals surface area contributed by atoms with Crippen LogP contribution in [0.3, 0.4) is 0 Å². The first-order valence-corrected chi connectivity index (χ1v) is 10.7. The molecule has 1 N–H and O–H groups in total. The molecule has 1 aromatic heterocycles. The molecule has 0 bridgehead atoms. The molecular weight excluding hydrogens is 500 g/mol. The van der Waals surface area contributed by atoms with Gasteiger partial charge in [-0.2, -0.15) is 0 Å². The molecule has 1 fully saturated rings. The molecule has 0 spiro atoms. The molecule has 2 aromatic rings. The van der Waals surface area contributed by atoms with E-state index in [4.69, 9.17) is 13.9 Å². The van der Waals surface area contributed by atoms with Crippen molar-refractivity contribution in [2.45, 2.75) is 26.5 Å². The summed E-state index contributed by atoms with van der Waals surface area (Å²) in [5, 5.41) is 2.51. The number of nitrogens with zero attached hydrogens (tertiary/aromatic N) is 1. The molecule has 1 aliphatic rings. The molecular formula is C22H21BrN2O8. The Bertz CT molecular complexity index is 1120. The first-order chi connectivity index (χ1) is 15.7. The Morgan fingerprint density at radius 2 is 2.00 bits per heavy atom. The zero-order valence-corrected chi connectivity index (χ0v) is 19.6. The predicted octanol–water partition coefficient (Wildman–Crippen LogP) is 3.25. The van der Waals surface area contributed by atoms with Crippen LogP contribution >= 0.6 is 15.9 Å². The first kappa shape index (κ1) is 24.1. The van der Waals surface area contributed by atoms with E-state index < -0.39 is 30.0 Å². The van der Waals surface area contributed by atoms with Gasteiger partial charge < -0.3 is 23.9 Å². The molecule has 1 saturated heterocycles. The molecule has 174 valence electrons. The van der Waals surface area contributed by atoms with Crippen molar-refractivity contribution >= 4 is 45.9 Å². The number of carbonyl (C=O) groups is 4. The fourth-order valence-electron chi connectivity index (χ4n) is 2.94. The second-order valence-corrected chi connectivity index (χ2v) is 7.75. The number of rotatable bonds is 8. The summed E-state index contributed by atoms with van der Waals surface area (Å²) in [6, 6.07) is 7.24. The van der Waals surface area contributed by atoms with Gasteiger partial charge in [0.1, 0.15) is 17.2 Å². The average molecular weight is 521 g/mol. The summed E-state index contributed by atoms with van der Waals surface area (Å²) >= 11 is 3.36. The number of imide groups is 1. The van der Waals surface area contributed by atoms with Crippen molar-refractivity contribution in [3.8, 4) is 5.75 Å². The summed E-state index contributed by atoms with van der Waals surface area (Å²) in [5.74, 6) is -1.28. The zero-order valence-electron chi connectivity index (χ0n) is 18.0. The Morgan fingerprint density at radius 3 is 2.70 bits per heavy atom. The summed E-state index contributed by atoms with van der Waals surface area (Å²) in [7, 11) is 1.21. The number of esters is 2. The van der Waals surface area contributed by atoms with E-state index in [-0.39, 0.29) is 30.4 Å². The number of ether oxygens (including phenoxy) is 3. The van der Waals surface area contributed by atoms with Crippen molar-refractivity contribution in [3.63, 3.8) is 0 Å². The summed E-state index contributed by atoms with van der Waals surface area (Å²) in [4.78, 5) is 49.6. The van der Waals surface area contributed by atoms with E-state index >= 15 is 0 Å². The molecule has 11 heteroatoms. The molecule has 1 aliphatic heterocycles. The molecule has 10 nitrogen and oxygen atoms in total. The smallest absolute Gasteiger partial charge is 0.373 e. The second kappa shape index (κ2) is 10.3. The fraction of sp³-hybridized carbons (Fsp3) is 0.273. The highest BCUT2D eigenvalue weighted by Gasteiger charge is 2.34. The third-order valence-corrected chi connectivity index (χ3v) is 5.01. The van der Waals surface area contributed by atoms with E-state index in [1.807, 2.05) is 0 Å². The summed E-state index contributed by atoms with van der Waals surface area (Å²) in [5.41, 5.74) is 0.462. The Labute approximate surface area is 197 Å². The molecule has 0 radical (unpaired) electrons. The van der Waals surface area contributed by atoms with Crippen LogP contribution in [0.2, 0.25) is 0 Å². The predicted molar refractivity (Wildman–Crippen MR) is 118 cm³/mol. The van der Waals surface area contributed by atoms with E-state index in [1.165, 1.54) is 25.3 Å². The molecule has 33 heavy (non-hydrogen) atoms. The number of hydrogen-bond acceptors (Lipinski definition) is 8. The van der Waals surface area contributed by atoms with Crippen LogP contribution in [-0.4, -0.2) is 48.6 Å². The summed E-state index contributed by atoms with van der Waals surface area (Å²) in [6.45, 7) is 3.28. The zero-order chi connectivity index (χ0) is 24.1. The number of halogens is 1. The number of hydrogen-bond donors (Lipinski definition) is 1. The minimum atomic E-state index is -0.878. The van der Waals surface area contributed by atoms with Crippen molar-refractivity contribution in [1.29, 1.82) is 0 Å². The van der Waals surface area contributed by atoms with Crippen LogP contribution in [0.1, 0.15) is 35.7 Å². The van der Waals surface area contributed by atoms with Crippen LogP contribution in [0.15, 0.2) is 44.9 Å². The number of nitrogens with one attached hydrogen (secondary N) is 1. The van der Waals surface area contributed by atoms with Gasteiger partial charge >= 0.3 is 18.0 Å². The maximum atomic E-state index is 12.8.